The van der Waals surface area contributed by atoms with Crippen molar-refractivity contribution in [2.24, 2.45) is 0 Å². The second kappa shape index (κ2) is 7.79. The van der Waals surface area contributed by atoms with Crippen molar-refractivity contribution in [2.75, 3.05) is 0 Å². The maximum atomic E-state index is 12.4. The molecule has 0 aliphatic rings. The first-order valence-electron chi connectivity index (χ1n) is 8.52. The van der Waals surface area contributed by atoms with Gasteiger partial charge in [-0.3, -0.25) is 4.79 Å². The Kier molecular flexibility index (Phi) is 5.27. The Labute approximate surface area is 158 Å². The molecule has 0 aliphatic carbocycles. The predicted octanol–water partition coefficient (Wildman–Crippen LogP) is 4.57. The smallest absolute Gasteiger partial charge is 0.166 e. The molecule has 27 heavy (non-hydrogen) atoms. The lowest BCUT2D eigenvalue weighted by Gasteiger charge is -2.35. The minimum Gasteiger partial charge on any atom is -0.508 e. The number of phenols is 2. The van der Waals surface area contributed by atoms with Crippen molar-refractivity contribution in [3.8, 4) is 17.2 Å². The van der Waals surface area contributed by atoms with E-state index in [9.17, 15) is 15.0 Å². The normalized spacial score (nSPS) is 11.0. The van der Waals surface area contributed by atoms with Gasteiger partial charge in [0.1, 0.15) is 17.2 Å². The fraction of sp³-hybridized carbons (Fsp3) is 0.0870. The molecule has 136 valence electrons. The third-order valence-electron chi connectivity index (χ3n) is 4.35. The number of allylic oxidation sites excluding steroid dienone is 1. The monoisotopic (exact) mass is 360 g/mol. The van der Waals surface area contributed by atoms with Crippen LogP contribution < -0.4 is 4.74 Å². The maximum Gasteiger partial charge on any atom is 0.166 e. The van der Waals surface area contributed by atoms with Crippen molar-refractivity contribution in [3.63, 3.8) is 0 Å². The fourth-order valence-corrected chi connectivity index (χ4v) is 2.99. The van der Waals surface area contributed by atoms with Crippen LogP contribution in [0.5, 0.6) is 17.2 Å². The van der Waals surface area contributed by atoms with Crippen LogP contribution >= 0.6 is 0 Å². The molecule has 0 saturated heterocycles. The van der Waals surface area contributed by atoms with E-state index in [-0.39, 0.29) is 23.7 Å². The summed E-state index contributed by atoms with van der Waals surface area (Å²) in [5.74, 6) is 0.642. The van der Waals surface area contributed by atoms with E-state index in [2.05, 4.69) is 6.58 Å². The van der Waals surface area contributed by atoms with Gasteiger partial charge in [0.25, 0.3) is 0 Å². The van der Waals surface area contributed by atoms with E-state index in [1.807, 2.05) is 30.3 Å². The predicted molar refractivity (Wildman–Crippen MR) is 104 cm³/mol. The highest BCUT2D eigenvalue weighted by Gasteiger charge is 2.38. The summed E-state index contributed by atoms with van der Waals surface area (Å²) in [7, 11) is 0. The Hall–Kier alpha value is -3.53. The van der Waals surface area contributed by atoms with Gasteiger partial charge in [-0.2, -0.15) is 0 Å². The summed E-state index contributed by atoms with van der Waals surface area (Å²) in [5, 5.41) is 19.4. The molecule has 2 N–H and O–H groups in total. The number of carbonyl (C=O) groups excluding carboxylic acids is 1. The van der Waals surface area contributed by atoms with Gasteiger partial charge in [0.2, 0.25) is 0 Å². The van der Waals surface area contributed by atoms with Crippen LogP contribution in [0.3, 0.4) is 0 Å². The van der Waals surface area contributed by atoms with Crippen molar-refractivity contribution in [1.82, 2.24) is 0 Å². The zero-order chi connectivity index (χ0) is 19.3. The molecular formula is C23H20O4. The van der Waals surface area contributed by atoms with Gasteiger partial charge in [0, 0.05) is 11.1 Å². The van der Waals surface area contributed by atoms with Gasteiger partial charge in [-0.1, -0.05) is 49.0 Å². The number of rotatable bonds is 7. The number of hydrogen-bond donors (Lipinski definition) is 2. The molecule has 0 bridgehead atoms. The van der Waals surface area contributed by atoms with Crippen LogP contribution in [0, 0.1) is 0 Å². The van der Waals surface area contributed by atoms with Gasteiger partial charge >= 0.3 is 0 Å². The third kappa shape index (κ3) is 4.01. The number of para-hydroxylation sites is 1. The second-order valence-electron chi connectivity index (χ2n) is 6.18. The molecular weight excluding hydrogens is 340 g/mol. The van der Waals surface area contributed by atoms with Crippen molar-refractivity contribution >= 4 is 5.78 Å². The minimum absolute atomic E-state index is 0.0148. The molecule has 0 amide bonds. The lowest BCUT2D eigenvalue weighted by Crippen LogP contribution is -2.36. The number of carbonyl (C=O) groups is 1. The first kappa shape index (κ1) is 18.3. The lowest BCUT2D eigenvalue weighted by molar-refractivity contribution is -0.117. The number of ketones is 1. The Bertz CT molecular complexity index is 867. The van der Waals surface area contributed by atoms with Gasteiger partial charge in [-0.05, 0) is 42.5 Å². The van der Waals surface area contributed by atoms with Gasteiger partial charge in [0.05, 0.1) is 6.42 Å². The highest BCUT2D eigenvalue weighted by atomic mass is 16.5. The van der Waals surface area contributed by atoms with E-state index in [0.717, 1.165) is 0 Å². The van der Waals surface area contributed by atoms with Crippen molar-refractivity contribution in [3.05, 3.63) is 103 Å². The molecule has 0 atom stereocenters. The second-order valence-corrected chi connectivity index (χ2v) is 6.18. The van der Waals surface area contributed by atoms with Crippen LogP contribution in [0.2, 0.25) is 0 Å². The quantitative estimate of drug-likeness (QED) is 0.606. The molecule has 0 saturated carbocycles. The van der Waals surface area contributed by atoms with Gasteiger partial charge in [-0.15, -0.1) is 0 Å². The number of benzene rings is 3. The Balaban J connectivity index is 2.21. The molecule has 0 aliphatic heterocycles. The Morgan fingerprint density at radius 2 is 1.33 bits per heavy atom. The van der Waals surface area contributed by atoms with E-state index < -0.39 is 5.60 Å². The first-order valence-corrected chi connectivity index (χ1v) is 8.52. The molecule has 4 nitrogen and oxygen atoms in total. The summed E-state index contributed by atoms with van der Waals surface area (Å²) in [4.78, 5) is 12.4. The maximum absolute atomic E-state index is 12.4. The van der Waals surface area contributed by atoms with Crippen LogP contribution in [-0.4, -0.2) is 16.0 Å². The van der Waals surface area contributed by atoms with Crippen LogP contribution in [0.1, 0.15) is 17.5 Å². The zero-order valence-electron chi connectivity index (χ0n) is 14.7. The highest BCUT2D eigenvalue weighted by molar-refractivity contribution is 5.90. The summed E-state index contributed by atoms with van der Waals surface area (Å²) in [5.41, 5.74) is 0.253. The highest BCUT2D eigenvalue weighted by Crippen LogP contribution is 2.39. The average Bonchev–Trinajstić information content (AvgIpc) is 2.69. The molecule has 0 fully saturated rings. The molecule has 3 rings (SSSR count). The molecule has 0 unspecified atom stereocenters. The van der Waals surface area contributed by atoms with Crippen molar-refractivity contribution < 1.29 is 19.7 Å². The average molecular weight is 360 g/mol. The summed E-state index contributed by atoms with van der Waals surface area (Å²) in [6.07, 6.45) is 1.28. The molecule has 3 aromatic rings. The Morgan fingerprint density at radius 3 is 1.78 bits per heavy atom. The number of phenolic OH excluding ortho intramolecular Hbond substituents is 2. The molecule has 0 spiro atoms. The van der Waals surface area contributed by atoms with Gasteiger partial charge in [-0.25, -0.2) is 0 Å². The summed E-state index contributed by atoms with van der Waals surface area (Å²) in [6, 6.07) is 22.3. The summed E-state index contributed by atoms with van der Waals surface area (Å²) in [6.45, 7) is 3.58. The fourth-order valence-electron chi connectivity index (χ4n) is 2.99. The number of aromatic hydroxyl groups is 2. The number of hydrogen-bond acceptors (Lipinski definition) is 4. The van der Waals surface area contributed by atoms with E-state index in [0.29, 0.717) is 16.9 Å². The van der Waals surface area contributed by atoms with Gasteiger partial charge in [0.15, 0.2) is 11.4 Å². The topological polar surface area (TPSA) is 66.8 Å². The van der Waals surface area contributed by atoms with E-state index in [1.54, 1.807) is 48.5 Å². The van der Waals surface area contributed by atoms with E-state index in [1.165, 1.54) is 6.08 Å². The zero-order valence-corrected chi connectivity index (χ0v) is 14.7. The van der Waals surface area contributed by atoms with Crippen LogP contribution in [-0.2, 0) is 10.4 Å². The Morgan fingerprint density at radius 1 is 0.852 bits per heavy atom. The molecule has 4 heteroatoms. The van der Waals surface area contributed by atoms with E-state index in [4.69, 9.17) is 4.74 Å². The largest absolute Gasteiger partial charge is 0.508 e. The van der Waals surface area contributed by atoms with Crippen molar-refractivity contribution in [2.45, 2.75) is 12.0 Å². The number of ether oxygens (including phenoxy) is 1. The van der Waals surface area contributed by atoms with E-state index >= 15 is 0 Å². The van der Waals surface area contributed by atoms with Gasteiger partial charge < -0.3 is 14.9 Å². The summed E-state index contributed by atoms with van der Waals surface area (Å²) >= 11 is 0. The molecule has 0 radical (unpaired) electrons. The summed E-state index contributed by atoms with van der Waals surface area (Å²) < 4.78 is 6.39. The van der Waals surface area contributed by atoms with Crippen LogP contribution in [0.25, 0.3) is 0 Å². The van der Waals surface area contributed by atoms with Crippen molar-refractivity contribution in [1.29, 1.82) is 0 Å². The molecule has 3 aromatic carbocycles. The van der Waals surface area contributed by atoms with Crippen LogP contribution in [0.15, 0.2) is 91.5 Å². The third-order valence-corrected chi connectivity index (χ3v) is 4.35. The first-order chi connectivity index (χ1) is 13.0. The SMILES string of the molecule is C=CC(=O)CC(Oc1ccccc1)(c1ccc(O)cc1)c1ccc(O)cc1. The molecule has 0 aromatic heterocycles. The van der Waals surface area contributed by atoms with Crippen LogP contribution in [0.4, 0.5) is 0 Å². The molecule has 0 heterocycles. The standard InChI is InChI=1S/C23H20O4/c1-2-19(24)16-23(17-8-12-20(25)13-9-17,18-10-14-21(26)15-11-18)27-22-6-4-3-5-7-22/h2-15,25-26H,1,16H2. The minimum atomic E-state index is -1.14. The lowest BCUT2D eigenvalue weighted by atomic mass is 9.81.